The van der Waals surface area contributed by atoms with Crippen LogP contribution in [-0.2, 0) is 16.1 Å². The second-order valence-electron chi connectivity index (χ2n) is 10.6. The van der Waals surface area contributed by atoms with Gasteiger partial charge >= 0.3 is 5.97 Å². The first-order valence-corrected chi connectivity index (χ1v) is 14.6. The summed E-state index contributed by atoms with van der Waals surface area (Å²) in [6, 6.07) is 16.5. The molecule has 2 aromatic heterocycles. The van der Waals surface area contributed by atoms with E-state index >= 15 is 0 Å². The van der Waals surface area contributed by atoms with Crippen molar-refractivity contribution in [2.75, 3.05) is 51.3 Å². The van der Waals surface area contributed by atoms with E-state index in [0.29, 0.717) is 25.5 Å². The molecular weight excluding hydrogens is 530 g/mol. The SMILES string of the molecule is Cc1c(Nc2nccc3cc(CNCCC(=O)O)cnc23)cccc1-c1cccc(OCCCN2CCOCC2)c1C. The summed E-state index contributed by atoms with van der Waals surface area (Å²) >= 11 is 0. The molecule has 42 heavy (non-hydrogen) atoms. The second-order valence-corrected chi connectivity index (χ2v) is 10.6. The molecule has 5 rings (SSSR count). The molecule has 9 heteroatoms. The van der Waals surface area contributed by atoms with Gasteiger partial charge in [0, 0.05) is 56.2 Å². The Morgan fingerprint density at radius 2 is 1.83 bits per heavy atom. The zero-order chi connectivity index (χ0) is 29.3. The Bertz CT molecular complexity index is 1520. The molecule has 0 atom stereocenters. The topological polar surface area (TPSA) is 109 Å². The summed E-state index contributed by atoms with van der Waals surface area (Å²) in [6.45, 7) is 10.5. The van der Waals surface area contributed by atoms with Crippen LogP contribution in [-0.4, -0.2) is 71.9 Å². The van der Waals surface area contributed by atoms with Crippen molar-refractivity contribution in [3.8, 4) is 16.9 Å². The number of ether oxygens (including phenoxy) is 2. The number of carboxylic acids is 1. The second kappa shape index (κ2) is 14.2. The third kappa shape index (κ3) is 7.42. The maximum absolute atomic E-state index is 10.7. The summed E-state index contributed by atoms with van der Waals surface area (Å²) in [5.74, 6) is 0.791. The zero-order valence-corrected chi connectivity index (χ0v) is 24.4. The molecule has 1 aliphatic heterocycles. The third-order valence-corrected chi connectivity index (χ3v) is 7.64. The number of benzene rings is 2. The molecule has 1 fully saturated rings. The van der Waals surface area contributed by atoms with Gasteiger partial charge in [0.05, 0.1) is 26.2 Å². The highest BCUT2D eigenvalue weighted by atomic mass is 16.5. The van der Waals surface area contributed by atoms with E-state index in [4.69, 9.17) is 14.6 Å². The minimum atomic E-state index is -0.813. The standard InChI is InChI=1S/C33H39N5O4/c1-23-27(28-7-4-9-30(24(28)2)42-17-5-14-38-15-18-41-19-16-38)6-3-8-29(23)37-33-32-26(10-13-35-33)20-25(22-36-32)21-34-12-11-31(39)40/h3-4,6-10,13,20,22,34H,5,11-12,14-19,21H2,1-2H3,(H,35,37)(H,39,40). The largest absolute Gasteiger partial charge is 0.493 e. The summed E-state index contributed by atoms with van der Waals surface area (Å²) in [7, 11) is 0. The molecule has 1 saturated heterocycles. The average Bonchev–Trinajstić information content (AvgIpc) is 3.00. The van der Waals surface area contributed by atoms with Crippen LogP contribution in [0.2, 0.25) is 0 Å². The fourth-order valence-corrected chi connectivity index (χ4v) is 5.27. The van der Waals surface area contributed by atoms with Gasteiger partial charge < -0.3 is 25.2 Å². The van der Waals surface area contributed by atoms with Gasteiger partial charge in [-0.15, -0.1) is 0 Å². The van der Waals surface area contributed by atoms with E-state index in [1.807, 2.05) is 18.3 Å². The minimum Gasteiger partial charge on any atom is -0.493 e. The number of carboxylic acid groups (broad SMARTS) is 1. The van der Waals surface area contributed by atoms with Crippen LogP contribution < -0.4 is 15.4 Å². The molecule has 3 heterocycles. The molecule has 3 N–H and O–H groups in total. The van der Waals surface area contributed by atoms with Gasteiger partial charge in [-0.1, -0.05) is 24.3 Å². The summed E-state index contributed by atoms with van der Waals surface area (Å²) in [5.41, 5.74) is 7.25. The lowest BCUT2D eigenvalue weighted by Crippen LogP contribution is -2.37. The van der Waals surface area contributed by atoms with Crippen LogP contribution >= 0.6 is 0 Å². The number of hydrogen-bond donors (Lipinski definition) is 3. The summed E-state index contributed by atoms with van der Waals surface area (Å²) in [4.78, 5) is 22.5. The lowest BCUT2D eigenvalue weighted by atomic mass is 9.95. The maximum Gasteiger partial charge on any atom is 0.304 e. The molecule has 0 unspecified atom stereocenters. The molecular formula is C33H39N5O4. The van der Waals surface area contributed by atoms with Gasteiger partial charge in [0.1, 0.15) is 11.3 Å². The number of morpholine rings is 1. The van der Waals surface area contributed by atoms with Crippen LogP contribution in [0.3, 0.4) is 0 Å². The highest BCUT2D eigenvalue weighted by Crippen LogP contribution is 2.36. The quantitative estimate of drug-likeness (QED) is 0.184. The number of fused-ring (bicyclic) bond motifs is 1. The van der Waals surface area contributed by atoms with Crippen molar-refractivity contribution in [3.63, 3.8) is 0 Å². The summed E-state index contributed by atoms with van der Waals surface area (Å²) < 4.78 is 11.7. The van der Waals surface area contributed by atoms with Gasteiger partial charge in [0.15, 0.2) is 5.82 Å². The zero-order valence-electron chi connectivity index (χ0n) is 24.4. The Morgan fingerprint density at radius 3 is 2.64 bits per heavy atom. The van der Waals surface area contributed by atoms with Crippen molar-refractivity contribution in [1.82, 2.24) is 20.2 Å². The molecule has 0 spiro atoms. The van der Waals surface area contributed by atoms with E-state index in [1.165, 1.54) is 0 Å². The van der Waals surface area contributed by atoms with Crippen molar-refractivity contribution >= 4 is 28.4 Å². The van der Waals surface area contributed by atoms with Crippen LogP contribution in [0.1, 0.15) is 29.5 Å². The Labute approximate surface area is 246 Å². The van der Waals surface area contributed by atoms with Gasteiger partial charge in [0.2, 0.25) is 0 Å². The third-order valence-electron chi connectivity index (χ3n) is 7.64. The summed E-state index contributed by atoms with van der Waals surface area (Å²) in [5, 5.41) is 16.5. The number of nitrogens with one attached hydrogen (secondary N) is 2. The van der Waals surface area contributed by atoms with Gasteiger partial charge in [0.25, 0.3) is 0 Å². The van der Waals surface area contributed by atoms with E-state index in [-0.39, 0.29) is 6.42 Å². The first kappa shape index (κ1) is 29.4. The molecule has 0 radical (unpaired) electrons. The molecule has 9 nitrogen and oxygen atoms in total. The maximum atomic E-state index is 10.7. The lowest BCUT2D eigenvalue weighted by Gasteiger charge is -2.26. The van der Waals surface area contributed by atoms with Crippen LogP contribution in [0.15, 0.2) is 60.9 Å². The number of nitrogens with zero attached hydrogens (tertiary/aromatic N) is 3. The number of aliphatic carboxylic acids is 1. The number of anilines is 2. The fourth-order valence-electron chi connectivity index (χ4n) is 5.27. The molecule has 0 bridgehead atoms. The number of carbonyl (C=O) groups is 1. The van der Waals surface area contributed by atoms with Crippen LogP contribution in [0, 0.1) is 13.8 Å². The first-order chi connectivity index (χ1) is 20.5. The van der Waals surface area contributed by atoms with E-state index < -0.39 is 5.97 Å². The van der Waals surface area contributed by atoms with Gasteiger partial charge in [-0.25, -0.2) is 4.98 Å². The number of rotatable bonds is 13. The van der Waals surface area contributed by atoms with Gasteiger partial charge in [-0.05, 0) is 72.4 Å². The summed E-state index contributed by atoms with van der Waals surface area (Å²) in [6.07, 6.45) is 4.65. The normalized spacial score (nSPS) is 13.8. The fraction of sp³-hybridized carbons (Fsp3) is 0.364. The molecule has 2 aromatic carbocycles. The van der Waals surface area contributed by atoms with Crippen molar-refractivity contribution in [2.45, 2.75) is 33.2 Å². The number of pyridine rings is 2. The first-order valence-electron chi connectivity index (χ1n) is 14.6. The van der Waals surface area contributed by atoms with E-state index in [2.05, 4.69) is 75.7 Å². The van der Waals surface area contributed by atoms with Crippen molar-refractivity contribution < 1.29 is 19.4 Å². The predicted molar refractivity (Wildman–Crippen MR) is 166 cm³/mol. The van der Waals surface area contributed by atoms with E-state index in [9.17, 15) is 4.79 Å². The van der Waals surface area contributed by atoms with E-state index in [1.54, 1.807) is 6.20 Å². The molecule has 4 aromatic rings. The van der Waals surface area contributed by atoms with Crippen LogP contribution in [0.5, 0.6) is 5.75 Å². The van der Waals surface area contributed by atoms with Gasteiger partial charge in [-0.2, -0.15) is 0 Å². The Balaban J connectivity index is 1.28. The van der Waals surface area contributed by atoms with Crippen LogP contribution in [0.25, 0.3) is 22.0 Å². The Kier molecular flexibility index (Phi) is 9.97. The van der Waals surface area contributed by atoms with Crippen molar-refractivity contribution in [3.05, 3.63) is 77.6 Å². The molecule has 0 amide bonds. The molecule has 1 aliphatic rings. The minimum absolute atomic E-state index is 0.0869. The van der Waals surface area contributed by atoms with Crippen LogP contribution in [0.4, 0.5) is 11.5 Å². The smallest absolute Gasteiger partial charge is 0.304 e. The highest BCUT2D eigenvalue weighted by Gasteiger charge is 2.14. The van der Waals surface area contributed by atoms with E-state index in [0.717, 1.165) is 89.4 Å². The molecule has 220 valence electrons. The highest BCUT2D eigenvalue weighted by molar-refractivity contribution is 5.91. The number of hydrogen-bond acceptors (Lipinski definition) is 8. The Hall–Kier alpha value is -4.05. The average molecular weight is 570 g/mol. The lowest BCUT2D eigenvalue weighted by molar-refractivity contribution is -0.136. The predicted octanol–water partition coefficient (Wildman–Crippen LogP) is 5.32. The monoisotopic (exact) mass is 569 g/mol. The Morgan fingerprint density at radius 1 is 1.05 bits per heavy atom. The molecule has 0 saturated carbocycles. The van der Waals surface area contributed by atoms with Gasteiger partial charge in [-0.3, -0.25) is 14.7 Å². The molecule has 0 aliphatic carbocycles. The van der Waals surface area contributed by atoms with Crippen molar-refractivity contribution in [2.24, 2.45) is 0 Å². The number of aromatic nitrogens is 2. The van der Waals surface area contributed by atoms with Crippen molar-refractivity contribution in [1.29, 1.82) is 0 Å².